The van der Waals surface area contributed by atoms with Crippen molar-refractivity contribution >= 4 is 33.7 Å². The molecule has 0 saturated heterocycles. The first kappa shape index (κ1) is 11.6. The van der Waals surface area contributed by atoms with Crippen molar-refractivity contribution in [2.45, 2.75) is 10.1 Å². The van der Waals surface area contributed by atoms with E-state index in [2.05, 4.69) is 15.9 Å². The fraction of sp³-hybridized carbons (Fsp3) is 0.222. The summed E-state index contributed by atoms with van der Waals surface area (Å²) >= 11 is 4.58. The molecule has 76 valence electrons. The first-order valence-electron chi connectivity index (χ1n) is 3.98. The van der Waals surface area contributed by atoms with Crippen LogP contribution in [0.4, 0.5) is 0 Å². The lowest BCUT2D eigenvalue weighted by Gasteiger charge is -2.08. The van der Waals surface area contributed by atoms with Crippen LogP contribution in [0, 0.1) is 0 Å². The molecular formula is C9H10BrNO2S. The molecule has 1 rings (SSSR count). The Hall–Kier alpha value is -0.520. The zero-order valence-corrected chi connectivity index (χ0v) is 9.72. The average Bonchev–Trinajstić information content (AvgIpc) is 2.14. The molecule has 0 bridgehead atoms. The molecule has 1 aromatic carbocycles. The van der Waals surface area contributed by atoms with Crippen LogP contribution in [-0.2, 0) is 4.79 Å². The second-order valence-corrected chi connectivity index (χ2v) is 4.83. The first-order chi connectivity index (χ1) is 6.63. The number of rotatable bonds is 4. The van der Waals surface area contributed by atoms with Crippen LogP contribution in [0.5, 0.6) is 0 Å². The highest BCUT2D eigenvalue weighted by Gasteiger charge is 2.16. The number of benzene rings is 1. The van der Waals surface area contributed by atoms with Crippen molar-refractivity contribution < 1.29 is 9.90 Å². The van der Waals surface area contributed by atoms with Crippen LogP contribution >= 0.6 is 27.7 Å². The molecule has 3 nitrogen and oxygen atoms in total. The standard InChI is InChI=1S/C9H10BrNO2S/c10-6-2-1-3-7(4-6)14-8(5-11)9(12)13/h1-4,8H,5,11H2,(H,12,13). The van der Waals surface area contributed by atoms with Gasteiger partial charge < -0.3 is 10.8 Å². The first-order valence-corrected chi connectivity index (χ1v) is 5.66. The summed E-state index contributed by atoms with van der Waals surface area (Å²) in [7, 11) is 0. The molecule has 3 N–H and O–H groups in total. The van der Waals surface area contributed by atoms with Crippen LogP contribution in [-0.4, -0.2) is 22.9 Å². The molecule has 0 fully saturated rings. The van der Waals surface area contributed by atoms with Gasteiger partial charge in [0.2, 0.25) is 0 Å². The molecule has 0 amide bonds. The molecule has 0 saturated carbocycles. The van der Waals surface area contributed by atoms with Gasteiger partial charge in [-0.25, -0.2) is 0 Å². The molecule has 0 aromatic heterocycles. The SMILES string of the molecule is NCC(Sc1cccc(Br)c1)C(=O)O. The maximum Gasteiger partial charge on any atom is 0.318 e. The lowest BCUT2D eigenvalue weighted by Crippen LogP contribution is -2.25. The number of carboxylic acid groups (broad SMARTS) is 1. The fourth-order valence-electron chi connectivity index (χ4n) is 0.904. The van der Waals surface area contributed by atoms with Gasteiger partial charge in [0.25, 0.3) is 0 Å². The molecule has 0 radical (unpaired) electrons. The van der Waals surface area contributed by atoms with Crippen LogP contribution in [0.1, 0.15) is 0 Å². The summed E-state index contributed by atoms with van der Waals surface area (Å²) < 4.78 is 0.934. The molecule has 14 heavy (non-hydrogen) atoms. The van der Waals surface area contributed by atoms with E-state index < -0.39 is 11.2 Å². The summed E-state index contributed by atoms with van der Waals surface area (Å²) in [5, 5.41) is 8.21. The minimum Gasteiger partial charge on any atom is -0.480 e. The molecule has 0 heterocycles. The predicted molar refractivity (Wildman–Crippen MR) is 60.5 cm³/mol. The molecule has 1 atom stereocenters. The lowest BCUT2D eigenvalue weighted by molar-refractivity contribution is -0.136. The second kappa shape index (κ2) is 5.38. The normalized spacial score (nSPS) is 12.4. The summed E-state index contributed by atoms with van der Waals surface area (Å²) in [4.78, 5) is 11.6. The topological polar surface area (TPSA) is 63.3 Å². The highest BCUT2D eigenvalue weighted by atomic mass is 79.9. The van der Waals surface area contributed by atoms with Gasteiger partial charge in [-0.15, -0.1) is 11.8 Å². The number of carboxylic acids is 1. The lowest BCUT2D eigenvalue weighted by atomic mass is 10.4. The van der Waals surface area contributed by atoms with E-state index in [1.165, 1.54) is 11.8 Å². The molecule has 1 aromatic rings. The van der Waals surface area contributed by atoms with Crippen molar-refractivity contribution in [3.63, 3.8) is 0 Å². The summed E-state index contributed by atoms with van der Waals surface area (Å²) in [5.41, 5.74) is 5.35. The van der Waals surface area contributed by atoms with Gasteiger partial charge in [-0.05, 0) is 18.2 Å². The van der Waals surface area contributed by atoms with Gasteiger partial charge >= 0.3 is 5.97 Å². The van der Waals surface area contributed by atoms with Gasteiger partial charge in [-0.3, -0.25) is 4.79 Å². The van der Waals surface area contributed by atoms with Crippen LogP contribution in [0.3, 0.4) is 0 Å². The molecule has 1 unspecified atom stereocenters. The molecule has 0 aliphatic heterocycles. The van der Waals surface area contributed by atoms with Gasteiger partial charge in [-0.1, -0.05) is 22.0 Å². The minimum atomic E-state index is -0.877. The highest BCUT2D eigenvalue weighted by Crippen LogP contribution is 2.25. The summed E-state index contributed by atoms with van der Waals surface area (Å²) in [6.45, 7) is 0.131. The van der Waals surface area contributed by atoms with Gasteiger partial charge in [0, 0.05) is 15.9 Å². The van der Waals surface area contributed by atoms with Crippen molar-refractivity contribution in [2.75, 3.05) is 6.54 Å². The summed E-state index contributed by atoms with van der Waals surface area (Å²) in [6.07, 6.45) is 0. The van der Waals surface area contributed by atoms with Crippen LogP contribution in [0.2, 0.25) is 0 Å². The number of halogens is 1. The van der Waals surface area contributed by atoms with Gasteiger partial charge in [0.05, 0.1) is 0 Å². The van der Waals surface area contributed by atoms with Crippen LogP contribution in [0.15, 0.2) is 33.6 Å². The van der Waals surface area contributed by atoms with Crippen molar-refractivity contribution in [2.24, 2.45) is 5.73 Å². The Bertz CT molecular complexity index is 332. The number of aliphatic carboxylic acids is 1. The third kappa shape index (κ3) is 3.32. The second-order valence-electron chi connectivity index (χ2n) is 2.64. The van der Waals surface area contributed by atoms with E-state index in [-0.39, 0.29) is 6.54 Å². The van der Waals surface area contributed by atoms with Crippen molar-refractivity contribution in [3.05, 3.63) is 28.7 Å². The Kier molecular flexibility index (Phi) is 4.44. The molecule has 0 aliphatic rings. The number of hydrogen-bond donors (Lipinski definition) is 2. The van der Waals surface area contributed by atoms with Crippen molar-refractivity contribution in [3.8, 4) is 0 Å². The Morgan fingerprint density at radius 2 is 2.36 bits per heavy atom. The third-order valence-electron chi connectivity index (χ3n) is 1.56. The van der Waals surface area contributed by atoms with Gasteiger partial charge in [0.1, 0.15) is 5.25 Å². The van der Waals surface area contributed by atoms with E-state index in [9.17, 15) is 4.79 Å². The minimum absolute atomic E-state index is 0.131. The summed E-state index contributed by atoms with van der Waals surface area (Å²) in [5.74, 6) is -0.877. The van der Waals surface area contributed by atoms with Crippen molar-refractivity contribution in [1.82, 2.24) is 0 Å². The Morgan fingerprint density at radius 1 is 1.64 bits per heavy atom. The van der Waals surface area contributed by atoms with E-state index in [1.54, 1.807) is 0 Å². The molecular weight excluding hydrogens is 266 g/mol. The zero-order chi connectivity index (χ0) is 10.6. The monoisotopic (exact) mass is 275 g/mol. The number of carbonyl (C=O) groups is 1. The molecule has 5 heteroatoms. The van der Waals surface area contributed by atoms with Gasteiger partial charge in [0.15, 0.2) is 0 Å². The number of thioether (sulfide) groups is 1. The maximum absolute atomic E-state index is 10.7. The third-order valence-corrected chi connectivity index (χ3v) is 3.26. The predicted octanol–water partition coefficient (Wildman–Crippen LogP) is 1.95. The molecule has 0 aliphatic carbocycles. The summed E-state index contributed by atoms with van der Waals surface area (Å²) in [6, 6.07) is 7.49. The number of nitrogens with two attached hydrogens (primary N) is 1. The van der Waals surface area contributed by atoms with E-state index in [0.717, 1.165) is 9.37 Å². The Morgan fingerprint density at radius 3 is 2.86 bits per heavy atom. The highest BCUT2D eigenvalue weighted by molar-refractivity contribution is 9.10. The van der Waals surface area contributed by atoms with Crippen LogP contribution in [0.25, 0.3) is 0 Å². The van der Waals surface area contributed by atoms with E-state index >= 15 is 0 Å². The molecule has 0 spiro atoms. The smallest absolute Gasteiger partial charge is 0.318 e. The zero-order valence-electron chi connectivity index (χ0n) is 7.31. The maximum atomic E-state index is 10.7. The van der Waals surface area contributed by atoms with Gasteiger partial charge in [-0.2, -0.15) is 0 Å². The van der Waals surface area contributed by atoms with E-state index in [0.29, 0.717) is 0 Å². The number of hydrogen-bond acceptors (Lipinski definition) is 3. The average molecular weight is 276 g/mol. The largest absolute Gasteiger partial charge is 0.480 e. The van der Waals surface area contributed by atoms with Crippen LogP contribution < -0.4 is 5.73 Å². The Balaban J connectivity index is 2.72. The fourth-order valence-corrected chi connectivity index (χ4v) is 2.33. The quantitative estimate of drug-likeness (QED) is 0.825. The van der Waals surface area contributed by atoms with Crippen molar-refractivity contribution in [1.29, 1.82) is 0 Å². The Labute approximate surface area is 94.8 Å². The van der Waals surface area contributed by atoms with E-state index in [1.807, 2.05) is 24.3 Å². The van der Waals surface area contributed by atoms with E-state index in [4.69, 9.17) is 10.8 Å².